The Morgan fingerprint density at radius 2 is 2.20 bits per heavy atom. The predicted molar refractivity (Wildman–Crippen MR) is 62.0 cm³/mol. The van der Waals surface area contributed by atoms with E-state index < -0.39 is 0 Å². The van der Waals surface area contributed by atoms with E-state index in [1.807, 2.05) is 0 Å². The van der Waals surface area contributed by atoms with Crippen LogP contribution in [0, 0.1) is 0 Å². The van der Waals surface area contributed by atoms with Gasteiger partial charge in [-0.25, -0.2) is 0 Å². The summed E-state index contributed by atoms with van der Waals surface area (Å²) in [6, 6.07) is 9.02. The molecule has 0 radical (unpaired) electrons. The van der Waals surface area contributed by atoms with E-state index in [2.05, 4.69) is 43.4 Å². The minimum absolute atomic E-state index is 0.306. The van der Waals surface area contributed by atoms with Crippen LogP contribution in [0.1, 0.15) is 31.0 Å². The highest BCUT2D eigenvalue weighted by atomic mass is 16.5. The van der Waals surface area contributed by atoms with Crippen molar-refractivity contribution in [3.8, 4) is 0 Å². The largest absolute Gasteiger partial charge is 0.377 e. The van der Waals surface area contributed by atoms with Crippen LogP contribution in [0.3, 0.4) is 0 Å². The molecule has 0 saturated heterocycles. The maximum absolute atomic E-state index is 5.68. The Morgan fingerprint density at radius 1 is 1.40 bits per heavy atom. The standard InChI is InChI=1S/C13H19NO/c1-10(2)15-9-13-12-6-4-3-5-11(12)7-8-14-13/h3-6,10,13-14H,7-9H2,1-2H3. The van der Waals surface area contributed by atoms with Crippen molar-refractivity contribution in [1.82, 2.24) is 5.32 Å². The maximum atomic E-state index is 5.68. The molecule has 1 atom stereocenters. The molecule has 1 aromatic rings. The first-order valence-corrected chi connectivity index (χ1v) is 5.70. The van der Waals surface area contributed by atoms with Crippen molar-refractivity contribution in [2.45, 2.75) is 32.4 Å². The molecule has 0 aliphatic carbocycles. The van der Waals surface area contributed by atoms with Crippen LogP contribution in [0.2, 0.25) is 0 Å². The van der Waals surface area contributed by atoms with Crippen molar-refractivity contribution in [3.05, 3.63) is 35.4 Å². The van der Waals surface area contributed by atoms with Crippen molar-refractivity contribution in [3.63, 3.8) is 0 Å². The molecule has 2 rings (SSSR count). The van der Waals surface area contributed by atoms with Crippen molar-refractivity contribution in [2.24, 2.45) is 0 Å². The summed E-state index contributed by atoms with van der Waals surface area (Å²) in [4.78, 5) is 0. The zero-order chi connectivity index (χ0) is 10.7. The summed E-state index contributed by atoms with van der Waals surface area (Å²) < 4.78 is 5.68. The lowest BCUT2D eigenvalue weighted by Crippen LogP contribution is -2.33. The van der Waals surface area contributed by atoms with Crippen LogP contribution in [0.15, 0.2) is 24.3 Å². The van der Waals surface area contributed by atoms with Gasteiger partial charge in [-0.15, -0.1) is 0 Å². The van der Waals surface area contributed by atoms with Crippen LogP contribution in [-0.2, 0) is 11.2 Å². The predicted octanol–water partition coefficient (Wildman–Crippen LogP) is 2.30. The highest BCUT2D eigenvalue weighted by Gasteiger charge is 2.19. The van der Waals surface area contributed by atoms with Gasteiger partial charge in [0.05, 0.1) is 18.8 Å². The number of hydrogen-bond donors (Lipinski definition) is 1. The molecule has 0 bridgehead atoms. The average molecular weight is 205 g/mol. The van der Waals surface area contributed by atoms with Crippen molar-refractivity contribution < 1.29 is 4.74 Å². The van der Waals surface area contributed by atoms with E-state index in [0.29, 0.717) is 12.1 Å². The Hall–Kier alpha value is -0.860. The van der Waals surface area contributed by atoms with Crippen LogP contribution in [0.5, 0.6) is 0 Å². The molecule has 0 fully saturated rings. The van der Waals surface area contributed by atoms with Crippen LogP contribution in [-0.4, -0.2) is 19.3 Å². The number of nitrogens with one attached hydrogen (secondary N) is 1. The first kappa shape index (κ1) is 10.7. The zero-order valence-corrected chi connectivity index (χ0v) is 9.49. The summed E-state index contributed by atoms with van der Waals surface area (Å²) in [6.07, 6.45) is 1.44. The number of fused-ring (bicyclic) bond motifs is 1. The summed E-state index contributed by atoms with van der Waals surface area (Å²) >= 11 is 0. The molecule has 0 amide bonds. The van der Waals surface area contributed by atoms with Crippen LogP contribution in [0.25, 0.3) is 0 Å². The van der Waals surface area contributed by atoms with Gasteiger partial charge >= 0.3 is 0 Å². The van der Waals surface area contributed by atoms with E-state index in [-0.39, 0.29) is 0 Å². The maximum Gasteiger partial charge on any atom is 0.0665 e. The van der Waals surface area contributed by atoms with Gasteiger partial charge in [0.1, 0.15) is 0 Å². The van der Waals surface area contributed by atoms with Gasteiger partial charge in [0.2, 0.25) is 0 Å². The third-order valence-electron chi connectivity index (χ3n) is 2.81. The van der Waals surface area contributed by atoms with Crippen molar-refractivity contribution >= 4 is 0 Å². The number of ether oxygens (including phenoxy) is 1. The number of rotatable bonds is 3. The molecule has 1 aliphatic rings. The SMILES string of the molecule is CC(C)OCC1NCCc2ccccc21. The quantitative estimate of drug-likeness (QED) is 0.817. The van der Waals surface area contributed by atoms with E-state index in [1.165, 1.54) is 11.1 Å². The highest BCUT2D eigenvalue weighted by Crippen LogP contribution is 2.22. The van der Waals surface area contributed by atoms with E-state index in [9.17, 15) is 0 Å². The van der Waals surface area contributed by atoms with Gasteiger partial charge in [0, 0.05) is 0 Å². The molecule has 0 spiro atoms. The molecule has 15 heavy (non-hydrogen) atoms. The fourth-order valence-electron chi connectivity index (χ4n) is 2.03. The molecule has 1 aromatic carbocycles. The highest BCUT2D eigenvalue weighted by molar-refractivity contribution is 5.32. The number of hydrogen-bond acceptors (Lipinski definition) is 2. The number of benzene rings is 1. The molecule has 1 N–H and O–H groups in total. The summed E-state index contributed by atoms with van der Waals surface area (Å²) in [7, 11) is 0. The Bertz CT molecular complexity index is 322. The topological polar surface area (TPSA) is 21.3 Å². The molecule has 82 valence electrons. The van der Waals surface area contributed by atoms with Gasteiger partial charge in [-0.05, 0) is 37.9 Å². The van der Waals surface area contributed by atoms with Crippen LogP contribution < -0.4 is 5.32 Å². The Labute approximate surface area is 91.6 Å². The van der Waals surface area contributed by atoms with E-state index in [4.69, 9.17) is 4.74 Å². The molecule has 1 heterocycles. The second-order valence-corrected chi connectivity index (χ2v) is 4.34. The second kappa shape index (κ2) is 4.77. The first-order valence-electron chi connectivity index (χ1n) is 5.70. The summed E-state index contributed by atoms with van der Waals surface area (Å²) in [6.45, 7) is 5.99. The Kier molecular flexibility index (Phi) is 3.39. The second-order valence-electron chi connectivity index (χ2n) is 4.34. The van der Waals surface area contributed by atoms with Gasteiger partial charge in [-0.3, -0.25) is 0 Å². The average Bonchev–Trinajstić information content (AvgIpc) is 2.26. The molecular formula is C13H19NO. The van der Waals surface area contributed by atoms with Gasteiger partial charge < -0.3 is 10.1 Å². The van der Waals surface area contributed by atoms with Crippen molar-refractivity contribution in [1.29, 1.82) is 0 Å². The minimum Gasteiger partial charge on any atom is -0.377 e. The van der Waals surface area contributed by atoms with Gasteiger partial charge in [0.25, 0.3) is 0 Å². The van der Waals surface area contributed by atoms with E-state index in [0.717, 1.165) is 19.6 Å². The molecule has 1 aliphatic heterocycles. The molecule has 1 unspecified atom stereocenters. The lowest BCUT2D eigenvalue weighted by molar-refractivity contribution is 0.0598. The molecule has 2 heteroatoms. The smallest absolute Gasteiger partial charge is 0.0665 e. The summed E-state index contributed by atoms with van der Waals surface area (Å²) in [5.74, 6) is 0. The lowest BCUT2D eigenvalue weighted by atomic mass is 9.95. The normalized spacial score (nSPS) is 20.3. The molecule has 0 aromatic heterocycles. The van der Waals surface area contributed by atoms with Crippen molar-refractivity contribution in [2.75, 3.05) is 13.2 Å². The third kappa shape index (κ3) is 2.58. The summed E-state index contributed by atoms with van der Waals surface area (Å²) in [5.41, 5.74) is 2.87. The summed E-state index contributed by atoms with van der Waals surface area (Å²) in [5, 5.41) is 3.51. The lowest BCUT2D eigenvalue weighted by Gasteiger charge is -2.27. The molecule has 0 saturated carbocycles. The van der Waals surface area contributed by atoms with Gasteiger partial charge in [-0.1, -0.05) is 24.3 Å². The van der Waals surface area contributed by atoms with Crippen LogP contribution >= 0.6 is 0 Å². The zero-order valence-electron chi connectivity index (χ0n) is 9.49. The Balaban J connectivity index is 2.08. The first-order chi connectivity index (χ1) is 7.27. The van der Waals surface area contributed by atoms with E-state index >= 15 is 0 Å². The van der Waals surface area contributed by atoms with Crippen LogP contribution in [0.4, 0.5) is 0 Å². The molecule has 2 nitrogen and oxygen atoms in total. The van der Waals surface area contributed by atoms with Gasteiger partial charge in [-0.2, -0.15) is 0 Å². The van der Waals surface area contributed by atoms with E-state index in [1.54, 1.807) is 0 Å². The molecular weight excluding hydrogens is 186 g/mol. The fraction of sp³-hybridized carbons (Fsp3) is 0.538. The monoisotopic (exact) mass is 205 g/mol. The van der Waals surface area contributed by atoms with Gasteiger partial charge in [0.15, 0.2) is 0 Å². The fourth-order valence-corrected chi connectivity index (χ4v) is 2.03. The minimum atomic E-state index is 0.306. The third-order valence-corrected chi connectivity index (χ3v) is 2.81. The Morgan fingerprint density at radius 3 is 3.00 bits per heavy atom.